The maximum Gasteiger partial charge on any atom is 0.410 e. The van der Waals surface area contributed by atoms with E-state index in [0.29, 0.717) is 58.0 Å². The molecule has 3 aromatic rings. The van der Waals surface area contributed by atoms with Crippen molar-refractivity contribution in [3.63, 3.8) is 0 Å². The molecule has 4 amide bonds. The molecular weight excluding hydrogens is 604 g/mol. The van der Waals surface area contributed by atoms with E-state index in [1.165, 1.54) is 0 Å². The molecule has 0 bridgehead atoms. The summed E-state index contributed by atoms with van der Waals surface area (Å²) < 4.78 is 6.10. The van der Waals surface area contributed by atoms with E-state index in [9.17, 15) is 14.4 Å². The number of benzene rings is 1. The second-order valence-electron chi connectivity index (χ2n) is 13.3. The third-order valence-corrected chi connectivity index (χ3v) is 11.2. The number of nitrogens with one attached hydrogen (secondary N) is 2. The highest BCUT2D eigenvalue weighted by Crippen LogP contribution is 2.32. The van der Waals surface area contributed by atoms with Crippen LogP contribution in [0.25, 0.3) is 10.9 Å². The quantitative estimate of drug-likeness (QED) is 0.419. The number of fused-ring (bicyclic) bond motifs is 2. The molecule has 3 saturated heterocycles. The Hall–Kier alpha value is -3.68. The van der Waals surface area contributed by atoms with Crippen LogP contribution in [0.2, 0.25) is 0 Å². The van der Waals surface area contributed by atoms with E-state index in [0.717, 1.165) is 71.6 Å². The number of amides is 4. The van der Waals surface area contributed by atoms with E-state index in [1.807, 2.05) is 40.3 Å². The minimum absolute atomic E-state index is 0.0444. The number of aromatic amines is 1. The Morgan fingerprint density at radius 3 is 2.48 bits per heavy atom. The van der Waals surface area contributed by atoms with Crippen molar-refractivity contribution < 1.29 is 19.1 Å². The molecule has 6 heterocycles. The van der Waals surface area contributed by atoms with E-state index in [2.05, 4.69) is 32.4 Å². The van der Waals surface area contributed by atoms with Crippen LogP contribution in [0.5, 0.6) is 0 Å². The number of likely N-dealkylation sites (N-methyl/N-ethyl adjacent to an activating group) is 1. The molecule has 0 spiro atoms. The van der Waals surface area contributed by atoms with Crippen LogP contribution in [0.1, 0.15) is 41.7 Å². The molecule has 2 aromatic heterocycles. The van der Waals surface area contributed by atoms with Crippen molar-refractivity contribution in [2.24, 2.45) is 0 Å². The highest BCUT2D eigenvalue weighted by Gasteiger charge is 2.37. The highest BCUT2D eigenvalue weighted by molar-refractivity contribution is 7.10. The summed E-state index contributed by atoms with van der Waals surface area (Å²) in [4.78, 5) is 52.0. The summed E-state index contributed by atoms with van der Waals surface area (Å²) in [5.41, 5.74) is 3.84. The van der Waals surface area contributed by atoms with Gasteiger partial charge in [0, 0.05) is 81.1 Å². The lowest BCUT2D eigenvalue weighted by molar-refractivity contribution is -0.142. The number of H-pyrrole nitrogens is 1. The van der Waals surface area contributed by atoms with E-state index in [4.69, 9.17) is 4.74 Å². The molecule has 1 aromatic carbocycles. The first-order chi connectivity index (χ1) is 22.3. The summed E-state index contributed by atoms with van der Waals surface area (Å²) in [7, 11) is 2.17. The fourth-order valence-corrected chi connectivity index (χ4v) is 8.33. The van der Waals surface area contributed by atoms with Crippen LogP contribution in [-0.2, 0) is 22.5 Å². The van der Waals surface area contributed by atoms with Crippen LogP contribution in [0, 0.1) is 6.92 Å². The summed E-state index contributed by atoms with van der Waals surface area (Å²) in [6, 6.07) is 6.45. The highest BCUT2D eigenvalue weighted by atomic mass is 32.1. The standard InChI is InChI=1S/C33H44N8O4S/c1-22-17-23(18-24-20-34-36-30(22)24)19-28(31(42)39-8-3-25(4-9-39)38-14-12-37(2)13-15-38)45-33(44)40-10-5-26(6-11-40)41-21-29-27(7-16-46-29)35-32(41)43/h7,16-18,20,25-26,28H,3-6,8-15,19,21H2,1-2H3,(H,34,36)(H,35,43). The number of anilines is 1. The number of carbonyl (C=O) groups excluding carboxylic acids is 3. The fraction of sp³-hybridized carbons (Fsp3) is 0.576. The number of hydrogen-bond acceptors (Lipinski definition) is 8. The summed E-state index contributed by atoms with van der Waals surface area (Å²) >= 11 is 1.65. The van der Waals surface area contributed by atoms with Crippen molar-refractivity contribution in [2.75, 3.05) is 64.7 Å². The van der Waals surface area contributed by atoms with Gasteiger partial charge >= 0.3 is 12.1 Å². The van der Waals surface area contributed by atoms with Gasteiger partial charge in [-0.05, 0) is 68.3 Å². The molecule has 3 fully saturated rings. The average molecular weight is 649 g/mol. The third-order valence-electron chi connectivity index (χ3n) is 10.3. The van der Waals surface area contributed by atoms with Gasteiger partial charge in [-0.25, -0.2) is 9.59 Å². The lowest BCUT2D eigenvalue weighted by Crippen LogP contribution is -2.54. The number of aryl methyl sites for hydroxylation is 1. The van der Waals surface area contributed by atoms with Gasteiger partial charge in [-0.1, -0.05) is 6.07 Å². The molecule has 13 heteroatoms. The zero-order valence-corrected chi connectivity index (χ0v) is 27.6. The first-order valence-electron chi connectivity index (χ1n) is 16.6. The van der Waals surface area contributed by atoms with Crippen molar-refractivity contribution in [1.29, 1.82) is 0 Å². The van der Waals surface area contributed by atoms with Crippen molar-refractivity contribution in [1.82, 2.24) is 34.7 Å². The van der Waals surface area contributed by atoms with Gasteiger partial charge in [0.2, 0.25) is 0 Å². The molecule has 4 aliphatic heterocycles. The predicted molar refractivity (Wildman–Crippen MR) is 177 cm³/mol. The fourth-order valence-electron chi connectivity index (χ4n) is 7.51. The number of aromatic nitrogens is 2. The van der Waals surface area contributed by atoms with Gasteiger partial charge < -0.3 is 29.7 Å². The SMILES string of the molecule is Cc1cc(CC(OC(=O)N2CCC(N3Cc4sccc4NC3=O)CC2)C(=O)N2CCC(N3CCN(C)CC3)CC2)cc2cn[nH]c12. The van der Waals surface area contributed by atoms with Crippen molar-refractivity contribution >= 4 is 46.0 Å². The smallest absolute Gasteiger partial charge is 0.410 e. The number of likely N-dealkylation sites (tertiary alicyclic amines) is 2. The zero-order chi connectivity index (χ0) is 31.8. The Morgan fingerprint density at radius 2 is 1.72 bits per heavy atom. The van der Waals surface area contributed by atoms with Crippen molar-refractivity contribution in [3.05, 3.63) is 45.8 Å². The lowest BCUT2D eigenvalue weighted by atomic mass is 9.99. The van der Waals surface area contributed by atoms with Gasteiger partial charge in [0.05, 0.1) is 23.9 Å². The van der Waals surface area contributed by atoms with Crippen LogP contribution in [0.3, 0.4) is 0 Å². The molecule has 0 saturated carbocycles. The molecule has 4 aliphatic rings. The average Bonchev–Trinajstić information content (AvgIpc) is 3.74. The normalized spacial score (nSPS) is 21.3. The lowest BCUT2D eigenvalue weighted by Gasteiger charge is -2.42. The molecule has 0 radical (unpaired) electrons. The Balaban J connectivity index is 1.00. The predicted octanol–water partition coefficient (Wildman–Crippen LogP) is 3.73. The number of piperidine rings is 2. The number of thiophene rings is 1. The molecular formula is C33H44N8O4S. The topological polar surface area (TPSA) is 117 Å². The van der Waals surface area contributed by atoms with Crippen molar-refractivity contribution in [2.45, 2.75) is 63.8 Å². The minimum Gasteiger partial charge on any atom is -0.436 e. The summed E-state index contributed by atoms with van der Waals surface area (Å²) in [6.07, 6.45) is 3.90. The molecule has 7 rings (SSSR count). The Kier molecular flexibility index (Phi) is 8.88. The number of carbonyl (C=O) groups is 3. The maximum atomic E-state index is 14.1. The maximum absolute atomic E-state index is 14.1. The molecule has 0 aliphatic carbocycles. The second-order valence-corrected chi connectivity index (χ2v) is 14.3. The van der Waals surface area contributed by atoms with Gasteiger partial charge in [-0.15, -0.1) is 11.3 Å². The van der Waals surface area contributed by atoms with Crippen molar-refractivity contribution in [3.8, 4) is 0 Å². The first-order valence-corrected chi connectivity index (χ1v) is 17.4. The van der Waals surface area contributed by atoms with Gasteiger partial charge in [-0.3, -0.25) is 14.8 Å². The monoisotopic (exact) mass is 648 g/mol. The number of piperazine rings is 1. The first kappa shape index (κ1) is 30.9. The second kappa shape index (κ2) is 13.2. The number of hydrogen-bond donors (Lipinski definition) is 2. The van der Waals surface area contributed by atoms with Crippen LogP contribution in [0.15, 0.2) is 29.8 Å². The summed E-state index contributed by atoms with van der Waals surface area (Å²) in [5.74, 6) is -0.123. The van der Waals surface area contributed by atoms with Crippen LogP contribution < -0.4 is 5.32 Å². The van der Waals surface area contributed by atoms with Crippen LogP contribution in [-0.4, -0.2) is 130 Å². The molecule has 246 valence electrons. The Bertz CT molecular complexity index is 1570. The largest absolute Gasteiger partial charge is 0.436 e. The van der Waals surface area contributed by atoms with Gasteiger partial charge in [0.25, 0.3) is 5.91 Å². The molecule has 12 nitrogen and oxygen atoms in total. The third kappa shape index (κ3) is 6.45. The van der Waals surface area contributed by atoms with Gasteiger partial charge in [0.1, 0.15) is 0 Å². The molecule has 2 N–H and O–H groups in total. The zero-order valence-electron chi connectivity index (χ0n) is 26.7. The van der Waals surface area contributed by atoms with Gasteiger partial charge in [0.15, 0.2) is 6.10 Å². The number of ether oxygens (including phenoxy) is 1. The molecule has 46 heavy (non-hydrogen) atoms. The molecule has 1 atom stereocenters. The minimum atomic E-state index is -0.917. The molecule has 1 unspecified atom stereocenters. The van der Waals surface area contributed by atoms with E-state index < -0.39 is 12.2 Å². The van der Waals surface area contributed by atoms with Crippen LogP contribution in [0.4, 0.5) is 15.3 Å². The number of nitrogens with zero attached hydrogens (tertiary/aromatic N) is 6. The Morgan fingerprint density at radius 1 is 1.00 bits per heavy atom. The summed E-state index contributed by atoms with van der Waals surface area (Å²) in [5, 5.41) is 13.2. The summed E-state index contributed by atoms with van der Waals surface area (Å²) in [6.45, 7) is 9.18. The van der Waals surface area contributed by atoms with E-state index in [-0.39, 0.29) is 18.0 Å². The van der Waals surface area contributed by atoms with Crippen LogP contribution >= 0.6 is 11.3 Å². The number of rotatable bonds is 6. The number of urea groups is 1. The Labute approximate surface area is 273 Å². The van der Waals surface area contributed by atoms with Gasteiger partial charge in [-0.2, -0.15) is 5.10 Å². The van der Waals surface area contributed by atoms with E-state index in [1.54, 1.807) is 22.4 Å². The van der Waals surface area contributed by atoms with E-state index >= 15 is 0 Å².